The van der Waals surface area contributed by atoms with Crippen molar-refractivity contribution >= 4 is 12.2 Å². The molecular weight excluding hydrogens is 106 g/mol. The highest BCUT2D eigenvalue weighted by molar-refractivity contribution is 5.82. The molecule has 0 aromatic carbocycles. The lowest BCUT2D eigenvalue weighted by Crippen LogP contribution is -2.13. The van der Waals surface area contributed by atoms with Crippen LogP contribution in [0.2, 0.25) is 0 Å². The van der Waals surface area contributed by atoms with Gasteiger partial charge in [0.2, 0.25) is 5.91 Å². The summed E-state index contributed by atoms with van der Waals surface area (Å²) in [6.07, 6.45) is 1.20. The number of hydrogen-bond acceptors (Lipinski definition) is 2. The Morgan fingerprint density at radius 1 is 1.75 bits per heavy atom. The van der Waals surface area contributed by atoms with Crippen molar-refractivity contribution in [3.63, 3.8) is 0 Å². The summed E-state index contributed by atoms with van der Waals surface area (Å²) in [7, 11) is 0. The van der Waals surface area contributed by atoms with Crippen molar-refractivity contribution in [2.45, 2.75) is 6.42 Å². The largest absolute Gasteiger partial charge is 0.355 e. The molecule has 3 nitrogen and oxygen atoms in total. The lowest BCUT2D eigenvalue weighted by atomic mass is 10.1. The van der Waals surface area contributed by atoms with Crippen LogP contribution in [0.4, 0.5) is 0 Å². The Morgan fingerprint density at radius 3 is 2.75 bits per heavy atom. The van der Waals surface area contributed by atoms with Crippen molar-refractivity contribution in [2.24, 2.45) is 5.92 Å². The normalized spacial score (nSPS) is 27.5. The van der Waals surface area contributed by atoms with Gasteiger partial charge in [-0.1, -0.05) is 0 Å². The van der Waals surface area contributed by atoms with Gasteiger partial charge in [-0.2, -0.15) is 0 Å². The third-order valence-corrected chi connectivity index (χ3v) is 1.20. The number of hydrogen-bond donors (Lipinski definition) is 1. The smallest absolute Gasteiger partial charge is 0.220 e. The highest BCUT2D eigenvalue weighted by atomic mass is 16.2. The average Bonchev–Trinajstić information content (AvgIpc) is 2.14. The molecule has 1 N–H and O–H groups in total. The maximum absolute atomic E-state index is 10.3. The Kier molecular flexibility index (Phi) is 1.28. The maximum atomic E-state index is 10.3. The Morgan fingerprint density at radius 2 is 2.50 bits per heavy atom. The Balaban J connectivity index is 2.43. The summed E-state index contributed by atoms with van der Waals surface area (Å²) in [6.45, 7) is 0.530. The van der Waals surface area contributed by atoms with Crippen molar-refractivity contribution < 1.29 is 9.59 Å². The fourth-order valence-corrected chi connectivity index (χ4v) is 0.724. The van der Waals surface area contributed by atoms with Crippen LogP contribution >= 0.6 is 0 Å². The molecule has 0 aliphatic carbocycles. The zero-order valence-electron chi connectivity index (χ0n) is 4.39. The first-order valence-electron chi connectivity index (χ1n) is 2.55. The Hall–Kier alpha value is -0.860. The van der Waals surface area contributed by atoms with E-state index < -0.39 is 0 Å². The molecule has 1 unspecified atom stereocenters. The number of carbonyl (C=O) groups excluding carboxylic acids is 2. The van der Waals surface area contributed by atoms with Crippen LogP contribution in [0.15, 0.2) is 0 Å². The summed E-state index contributed by atoms with van der Waals surface area (Å²) in [5.41, 5.74) is 0. The van der Waals surface area contributed by atoms with Crippen molar-refractivity contribution in [1.29, 1.82) is 0 Å². The molecule has 1 saturated heterocycles. The number of aldehydes is 1. The number of rotatable bonds is 1. The van der Waals surface area contributed by atoms with Gasteiger partial charge in [-0.15, -0.1) is 0 Å². The fourth-order valence-electron chi connectivity index (χ4n) is 0.724. The van der Waals surface area contributed by atoms with Gasteiger partial charge in [0, 0.05) is 18.9 Å². The topological polar surface area (TPSA) is 46.2 Å². The van der Waals surface area contributed by atoms with Gasteiger partial charge in [0.25, 0.3) is 0 Å². The van der Waals surface area contributed by atoms with E-state index in [9.17, 15) is 9.59 Å². The number of amides is 1. The summed E-state index contributed by atoms with van der Waals surface area (Å²) in [6, 6.07) is 0. The lowest BCUT2D eigenvalue weighted by Gasteiger charge is -1.88. The highest BCUT2D eigenvalue weighted by Gasteiger charge is 2.19. The van der Waals surface area contributed by atoms with E-state index in [1.807, 2.05) is 0 Å². The van der Waals surface area contributed by atoms with E-state index in [0.717, 1.165) is 6.29 Å². The quantitative estimate of drug-likeness (QED) is 0.458. The van der Waals surface area contributed by atoms with Crippen LogP contribution in [0.3, 0.4) is 0 Å². The molecule has 0 aromatic heterocycles. The molecule has 1 aliphatic rings. The van der Waals surface area contributed by atoms with Crippen LogP contribution < -0.4 is 5.32 Å². The maximum Gasteiger partial charge on any atom is 0.220 e. The lowest BCUT2D eigenvalue weighted by molar-refractivity contribution is -0.120. The molecule has 0 aromatic rings. The molecule has 0 radical (unpaired) electrons. The molecule has 0 bridgehead atoms. The van der Waals surface area contributed by atoms with Gasteiger partial charge in [0.15, 0.2) is 0 Å². The second-order valence-corrected chi connectivity index (χ2v) is 1.90. The molecule has 1 rings (SSSR count). The predicted molar refractivity (Wildman–Crippen MR) is 27.2 cm³/mol. The molecule has 1 heterocycles. The van der Waals surface area contributed by atoms with Crippen LogP contribution in [0.1, 0.15) is 6.42 Å². The average molecular weight is 113 g/mol. The summed E-state index contributed by atoms with van der Waals surface area (Å²) >= 11 is 0. The summed E-state index contributed by atoms with van der Waals surface area (Å²) in [4.78, 5) is 20.3. The Bertz CT molecular complexity index is 122. The third-order valence-electron chi connectivity index (χ3n) is 1.20. The van der Waals surface area contributed by atoms with Gasteiger partial charge in [-0.3, -0.25) is 4.79 Å². The van der Waals surface area contributed by atoms with E-state index in [-0.39, 0.29) is 11.8 Å². The summed E-state index contributed by atoms with van der Waals surface area (Å²) < 4.78 is 0. The molecule has 3 heteroatoms. The molecule has 44 valence electrons. The van der Waals surface area contributed by atoms with Crippen LogP contribution in [-0.4, -0.2) is 18.7 Å². The Labute approximate surface area is 47.1 Å². The zero-order valence-corrected chi connectivity index (χ0v) is 4.39. The van der Waals surface area contributed by atoms with E-state index in [4.69, 9.17) is 0 Å². The van der Waals surface area contributed by atoms with Crippen molar-refractivity contribution in [3.05, 3.63) is 0 Å². The van der Waals surface area contributed by atoms with E-state index in [2.05, 4.69) is 5.32 Å². The van der Waals surface area contributed by atoms with Crippen LogP contribution in [-0.2, 0) is 9.59 Å². The van der Waals surface area contributed by atoms with E-state index in [0.29, 0.717) is 13.0 Å². The van der Waals surface area contributed by atoms with Crippen molar-refractivity contribution in [1.82, 2.24) is 5.32 Å². The SMILES string of the molecule is O=CC1CNC(=O)C1. The van der Waals surface area contributed by atoms with Gasteiger partial charge >= 0.3 is 0 Å². The second kappa shape index (κ2) is 1.94. The first-order valence-corrected chi connectivity index (χ1v) is 2.55. The molecule has 8 heavy (non-hydrogen) atoms. The van der Waals surface area contributed by atoms with Crippen LogP contribution in [0, 0.1) is 5.92 Å². The van der Waals surface area contributed by atoms with Gasteiger partial charge in [0.05, 0.1) is 0 Å². The summed E-state index contributed by atoms with van der Waals surface area (Å²) in [5, 5.41) is 2.55. The molecule has 1 aliphatic heterocycles. The van der Waals surface area contributed by atoms with Gasteiger partial charge < -0.3 is 10.1 Å². The minimum Gasteiger partial charge on any atom is -0.355 e. The summed E-state index contributed by atoms with van der Waals surface area (Å²) in [5.74, 6) is -0.0791. The minimum atomic E-state index is -0.0671. The molecular formula is C5H7NO2. The van der Waals surface area contributed by atoms with Crippen molar-refractivity contribution in [2.75, 3.05) is 6.54 Å². The molecule has 1 amide bonds. The molecule has 1 atom stereocenters. The highest BCUT2D eigenvalue weighted by Crippen LogP contribution is 2.03. The van der Waals surface area contributed by atoms with E-state index in [1.165, 1.54) is 0 Å². The first-order chi connectivity index (χ1) is 3.83. The van der Waals surface area contributed by atoms with E-state index in [1.54, 1.807) is 0 Å². The van der Waals surface area contributed by atoms with Gasteiger partial charge in [0.1, 0.15) is 6.29 Å². The third kappa shape index (κ3) is 0.857. The standard InChI is InChI=1S/C5H7NO2/c7-3-4-1-5(8)6-2-4/h3-4H,1-2H2,(H,6,8). The predicted octanol–water partition coefficient (Wildman–Crippen LogP) is -0.679. The van der Waals surface area contributed by atoms with Crippen LogP contribution in [0.5, 0.6) is 0 Å². The van der Waals surface area contributed by atoms with E-state index >= 15 is 0 Å². The zero-order chi connectivity index (χ0) is 5.98. The number of nitrogens with one attached hydrogen (secondary N) is 1. The van der Waals surface area contributed by atoms with Crippen LogP contribution in [0.25, 0.3) is 0 Å². The van der Waals surface area contributed by atoms with Gasteiger partial charge in [-0.25, -0.2) is 0 Å². The first kappa shape index (κ1) is 5.28. The van der Waals surface area contributed by atoms with Gasteiger partial charge in [-0.05, 0) is 0 Å². The fraction of sp³-hybridized carbons (Fsp3) is 0.600. The second-order valence-electron chi connectivity index (χ2n) is 1.90. The molecule has 0 spiro atoms. The molecule has 1 fully saturated rings. The minimum absolute atomic E-state index is 0.0119. The monoisotopic (exact) mass is 113 g/mol. The number of carbonyl (C=O) groups is 2. The molecule has 0 saturated carbocycles. The van der Waals surface area contributed by atoms with Crippen molar-refractivity contribution in [3.8, 4) is 0 Å².